The minimum atomic E-state index is -0.542. The molecule has 2 amide bonds. The largest absolute Gasteiger partial charge is 0.484 e. The molecule has 7 heteroatoms. The predicted octanol–water partition coefficient (Wildman–Crippen LogP) is 3.40. The van der Waals surface area contributed by atoms with Gasteiger partial charge < -0.3 is 10.5 Å². The Bertz CT molecular complexity index is 998. The minimum absolute atomic E-state index is 0.115. The van der Waals surface area contributed by atoms with Crippen molar-refractivity contribution >= 4 is 40.5 Å². The molecule has 0 unspecified atom stereocenters. The predicted molar refractivity (Wildman–Crippen MR) is 112 cm³/mol. The Morgan fingerprint density at radius 1 is 1.21 bits per heavy atom. The fraction of sp³-hybridized carbons (Fsp3) is 0.190. The van der Waals surface area contributed by atoms with E-state index in [1.165, 1.54) is 17.3 Å². The molecule has 1 aliphatic heterocycles. The molecule has 144 valence electrons. The van der Waals surface area contributed by atoms with Gasteiger partial charge in [-0.1, -0.05) is 18.2 Å². The standard InChI is InChI=1S/C21H21N3O3S/c1-13-7-8-16(9-14(13)2)23-21-24(3)20(26)18(28-21)11-15-5-4-6-17(10-15)27-12-19(22)25/h4-11H,12H2,1-3H3,(H2,22,25)/b18-11+,23-21?. The number of amidine groups is 1. The number of ether oxygens (including phenoxy) is 1. The Labute approximate surface area is 168 Å². The van der Waals surface area contributed by atoms with Crippen molar-refractivity contribution in [3.63, 3.8) is 0 Å². The number of thioether (sulfide) groups is 1. The van der Waals surface area contributed by atoms with Gasteiger partial charge in [0.15, 0.2) is 11.8 Å². The molecule has 0 atom stereocenters. The number of aliphatic imine (C=N–C) groups is 1. The lowest BCUT2D eigenvalue weighted by Gasteiger charge is -2.08. The number of nitrogens with zero attached hydrogens (tertiary/aromatic N) is 2. The summed E-state index contributed by atoms with van der Waals surface area (Å²) in [4.78, 5) is 30.2. The Morgan fingerprint density at radius 2 is 2.00 bits per heavy atom. The number of hydrogen-bond donors (Lipinski definition) is 1. The van der Waals surface area contributed by atoms with Gasteiger partial charge in [-0.05, 0) is 72.6 Å². The van der Waals surface area contributed by atoms with Gasteiger partial charge >= 0.3 is 0 Å². The first-order chi connectivity index (χ1) is 13.3. The number of carbonyl (C=O) groups excluding carboxylic acids is 2. The second-order valence-corrected chi connectivity index (χ2v) is 7.47. The number of rotatable bonds is 5. The van der Waals surface area contributed by atoms with Crippen LogP contribution in [0.5, 0.6) is 5.75 Å². The molecule has 1 aliphatic rings. The lowest BCUT2D eigenvalue weighted by molar-refractivity contribution is -0.121. The van der Waals surface area contributed by atoms with Crippen molar-refractivity contribution in [1.29, 1.82) is 0 Å². The number of primary amides is 1. The zero-order valence-corrected chi connectivity index (χ0v) is 16.7. The number of likely N-dealkylation sites (N-methyl/N-ethyl adjacent to an activating group) is 1. The molecule has 0 aliphatic carbocycles. The van der Waals surface area contributed by atoms with Crippen LogP contribution in [-0.2, 0) is 9.59 Å². The third-order valence-corrected chi connectivity index (χ3v) is 5.32. The normalized spacial score (nSPS) is 16.8. The molecule has 2 aromatic carbocycles. The Kier molecular flexibility index (Phi) is 5.84. The van der Waals surface area contributed by atoms with Crippen LogP contribution in [0.15, 0.2) is 52.4 Å². The highest BCUT2D eigenvalue weighted by molar-refractivity contribution is 8.18. The average molecular weight is 395 g/mol. The van der Waals surface area contributed by atoms with E-state index in [4.69, 9.17) is 10.5 Å². The topological polar surface area (TPSA) is 85.0 Å². The molecule has 3 rings (SSSR count). The molecule has 0 saturated carbocycles. The Hall–Kier alpha value is -3.06. The quantitative estimate of drug-likeness (QED) is 0.787. The summed E-state index contributed by atoms with van der Waals surface area (Å²) in [5.41, 5.74) is 9.06. The first-order valence-electron chi connectivity index (χ1n) is 8.68. The van der Waals surface area contributed by atoms with Crippen LogP contribution in [0.3, 0.4) is 0 Å². The zero-order chi connectivity index (χ0) is 20.3. The van der Waals surface area contributed by atoms with Crippen molar-refractivity contribution < 1.29 is 14.3 Å². The second kappa shape index (κ2) is 8.31. The van der Waals surface area contributed by atoms with Crippen molar-refractivity contribution in [1.82, 2.24) is 4.90 Å². The summed E-state index contributed by atoms with van der Waals surface area (Å²) in [5, 5.41) is 0.626. The molecule has 0 aromatic heterocycles. The van der Waals surface area contributed by atoms with Crippen molar-refractivity contribution in [3.05, 3.63) is 64.1 Å². The second-order valence-electron chi connectivity index (χ2n) is 6.47. The van der Waals surface area contributed by atoms with Crippen molar-refractivity contribution in [3.8, 4) is 5.75 Å². The number of amides is 2. The highest BCUT2D eigenvalue weighted by atomic mass is 32.2. The molecule has 1 heterocycles. The summed E-state index contributed by atoms with van der Waals surface area (Å²) < 4.78 is 5.31. The Morgan fingerprint density at radius 3 is 2.71 bits per heavy atom. The Balaban J connectivity index is 1.83. The highest BCUT2D eigenvalue weighted by Crippen LogP contribution is 2.33. The molecule has 28 heavy (non-hydrogen) atoms. The van der Waals surface area contributed by atoms with E-state index in [9.17, 15) is 9.59 Å². The van der Waals surface area contributed by atoms with Crippen molar-refractivity contribution in [2.24, 2.45) is 10.7 Å². The monoisotopic (exact) mass is 395 g/mol. The molecule has 2 N–H and O–H groups in total. The molecule has 6 nitrogen and oxygen atoms in total. The molecule has 1 saturated heterocycles. The van der Waals surface area contributed by atoms with E-state index >= 15 is 0 Å². The van der Waals surface area contributed by atoms with E-state index in [-0.39, 0.29) is 12.5 Å². The summed E-state index contributed by atoms with van der Waals surface area (Å²) >= 11 is 1.32. The van der Waals surface area contributed by atoms with Gasteiger partial charge in [-0.25, -0.2) is 4.99 Å². The number of hydrogen-bond acceptors (Lipinski definition) is 5. The average Bonchev–Trinajstić information content (AvgIpc) is 2.91. The van der Waals surface area contributed by atoms with E-state index in [0.29, 0.717) is 15.8 Å². The number of nitrogens with two attached hydrogens (primary N) is 1. The van der Waals surface area contributed by atoms with Crippen molar-refractivity contribution in [2.45, 2.75) is 13.8 Å². The third-order valence-electron chi connectivity index (χ3n) is 4.26. The van der Waals surface area contributed by atoms with Crippen LogP contribution < -0.4 is 10.5 Å². The summed E-state index contributed by atoms with van der Waals surface area (Å²) in [7, 11) is 1.71. The lowest BCUT2D eigenvalue weighted by atomic mass is 10.1. The van der Waals surface area contributed by atoms with Gasteiger partial charge in [0.05, 0.1) is 10.6 Å². The number of benzene rings is 2. The molecule has 0 bridgehead atoms. The van der Waals surface area contributed by atoms with Gasteiger partial charge in [0, 0.05) is 7.05 Å². The highest BCUT2D eigenvalue weighted by Gasteiger charge is 2.30. The minimum Gasteiger partial charge on any atom is -0.484 e. The van der Waals surface area contributed by atoms with Gasteiger partial charge in [-0.15, -0.1) is 0 Å². The van der Waals surface area contributed by atoms with Crippen LogP contribution in [0.4, 0.5) is 5.69 Å². The van der Waals surface area contributed by atoms with Crippen molar-refractivity contribution in [2.75, 3.05) is 13.7 Å². The van der Waals surface area contributed by atoms with E-state index in [2.05, 4.69) is 4.99 Å². The summed E-state index contributed by atoms with van der Waals surface area (Å²) in [6.45, 7) is 3.89. The van der Waals surface area contributed by atoms with Gasteiger partial charge in [0.2, 0.25) is 0 Å². The van der Waals surface area contributed by atoms with Crippen LogP contribution in [0.1, 0.15) is 16.7 Å². The maximum atomic E-state index is 12.6. The molecule has 1 fully saturated rings. The molecule has 0 radical (unpaired) electrons. The molecular weight excluding hydrogens is 374 g/mol. The van der Waals surface area contributed by atoms with Gasteiger partial charge in [-0.3, -0.25) is 14.5 Å². The lowest BCUT2D eigenvalue weighted by Crippen LogP contribution is -2.23. The third kappa shape index (κ3) is 4.61. The van der Waals surface area contributed by atoms with Crippen LogP contribution in [0.25, 0.3) is 6.08 Å². The van der Waals surface area contributed by atoms with Crippen LogP contribution >= 0.6 is 11.8 Å². The maximum absolute atomic E-state index is 12.6. The summed E-state index contributed by atoms with van der Waals surface area (Å²) in [6.07, 6.45) is 1.78. The fourth-order valence-corrected chi connectivity index (χ4v) is 3.54. The first kappa shape index (κ1) is 19.7. The van der Waals surface area contributed by atoms with Gasteiger partial charge in [-0.2, -0.15) is 0 Å². The van der Waals surface area contributed by atoms with E-state index in [1.54, 1.807) is 36.2 Å². The summed E-state index contributed by atoms with van der Waals surface area (Å²) in [5.74, 6) is -0.142. The fourth-order valence-electron chi connectivity index (χ4n) is 2.56. The molecular formula is C21H21N3O3S. The van der Waals surface area contributed by atoms with Crippen LogP contribution in [0, 0.1) is 13.8 Å². The van der Waals surface area contributed by atoms with Crippen LogP contribution in [0.2, 0.25) is 0 Å². The smallest absolute Gasteiger partial charge is 0.266 e. The van der Waals surface area contributed by atoms with Gasteiger partial charge in [0.1, 0.15) is 5.75 Å². The molecule has 2 aromatic rings. The van der Waals surface area contributed by atoms with Gasteiger partial charge in [0.25, 0.3) is 11.8 Å². The number of carbonyl (C=O) groups is 2. The molecule has 0 spiro atoms. The van der Waals surface area contributed by atoms with E-state index in [1.807, 2.05) is 38.1 Å². The van der Waals surface area contributed by atoms with E-state index < -0.39 is 5.91 Å². The first-order valence-corrected chi connectivity index (χ1v) is 9.50. The van der Waals surface area contributed by atoms with E-state index in [0.717, 1.165) is 16.8 Å². The maximum Gasteiger partial charge on any atom is 0.266 e. The SMILES string of the molecule is Cc1ccc(N=C2S/C(=C/c3cccc(OCC(N)=O)c3)C(=O)N2C)cc1C. The zero-order valence-electron chi connectivity index (χ0n) is 15.9. The van der Waals surface area contributed by atoms with Crippen LogP contribution in [-0.4, -0.2) is 35.5 Å². The number of aryl methyl sites for hydroxylation is 2. The summed E-state index contributed by atoms with van der Waals surface area (Å²) in [6, 6.07) is 13.1.